The minimum Gasteiger partial charge on any atom is -0.462 e. The number of carbonyl (C=O) groups excluding carboxylic acids is 2. The molecule has 3 aromatic heterocycles. The van der Waals surface area contributed by atoms with Crippen LogP contribution in [0.15, 0.2) is 58.4 Å². The highest BCUT2D eigenvalue weighted by Gasteiger charge is 2.20. The first-order valence-electron chi connectivity index (χ1n) is 11.8. The summed E-state index contributed by atoms with van der Waals surface area (Å²) >= 11 is 0. The molecule has 4 rings (SSSR count). The molecule has 1 amide bonds. The number of rotatable bonds is 7. The van der Waals surface area contributed by atoms with Gasteiger partial charge < -0.3 is 9.30 Å². The normalized spacial score (nSPS) is 11.7. The van der Waals surface area contributed by atoms with E-state index >= 15 is 0 Å². The van der Waals surface area contributed by atoms with Crippen LogP contribution in [0.4, 0.5) is 5.69 Å². The van der Waals surface area contributed by atoms with Crippen molar-refractivity contribution in [2.24, 2.45) is 4.99 Å². The number of non-ortho nitro benzene ring substituents is 1. The Kier molecular flexibility index (Phi) is 7.23. The minimum atomic E-state index is -0.737. The number of hydrogen-bond donors (Lipinski definition) is 0. The quantitative estimate of drug-likeness (QED) is 0.163. The van der Waals surface area contributed by atoms with Crippen molar-refractivity contribution in [2.75, 3.05) is 6.61 Å². The molecule has 0 aliphatic rings. The van der Waals surface area contributed by atoms with Gasteiger partial charge in [-0.1, -0.05) is 19.4 Å². The van der Waals surface area contributed by atoms with E-state index in [1.807, 2.05) is 19.9 Å². The van der Waals surface area contributed by atoms with E-state index < -0.39 is 16.8 Å². The fourth-order valence-corrected chi connectivity index (χ4v) is 3.98. The Morgan fingerprint density at radius 2 is 1.86 bits per heavy atom. The van der Waals surface area contributed by atoms with Crippen molar-refractivity contribution >= 4 is 34.2 Å². The van der Waals surface area contributed by atoms with Gasteiger partial charge >= 0.3 is 5.97 Å². The molecule has 0 aliphatic carbocycles. The van der Waals surface area contributed by atoms with Gasteiger partial charge in [0.05, 0.1) is 16.9 Å². The highest BCUT2D eigenvalue weighted by molar-refractivity contribution is 5.97. The van der Waals surface area contributed by atoms with Crippen molar-refractivity contribution in [1.29, 1.82) is 0 Å². The van der Waals surface area contributed by atoms with E-state index in [9.17, 15) is 24.5 Å². The first-order chi connectivity index (χ1) is 17.8. The summed E-state index contributed by atoms with van der Waals surface area (Å²) in [5.41, 5.74) is 1.04. The van der Waals surface area contributed by atoms with Gasteiger partial charge in [0.25, 0.3) is 17.2 Å². The molecule has 11 heteroatoms. The lowest BCUT2D eigenvalue weighted by Gasteiger charge is -2.15. The fraction of sp³-hybridized carbons (Fsp3) is 0.269. The average molecular weight is 504 g/mol. The molecule has 190 valence electrons. The van der Waals surface area contributed by atoms with Crippen molar-refractivity contribution < 1.29 is 19.2 Å². The molecule has 3 heterocycles. The van der Waals surface area contributed by atoms with E-state index in [1.165, 1.54) is 34.7 Å². The summed E-state index contributed by atoms with van der Waals surface area (Å²) in [6, 6.07) is 9.94. The Balaban J connectivity index is 2.08. The standard InChI is InChI=1S/C26H25N5O6/c1-4-6-13-29-22-19(25(33)30-14-7-8-16(3)21(30)27-22)15-20(26(34)37-5-2)23(29)28-24(32)17-9-11-18(12-10-17)31(35)36/h7-12,14-15H,4-6,13H2,1-3H3. The van der Waals surface area contributed by atoms with Gasteiger partial charge in [-0.05, 0) is 50.1 Å². The number of amides is 1. The van der Waals surface area contributed by atoms with Gasteiger partial charge in [-0.2, -0.15) is 4.99 Å². The van der Waals surface area contributed by atoms with Gasteiger partial charge in [-0.15, -0.1) is 0 Å². The number of aromatic nitrogens is 3. The second kappa shape index (κ2) is 10.5. The van der Waals surface area contributed by atoms with Crippen molar-refractivity contribution in [3.63, 3.8) is 0 Å². The van der Waals surface area contributed by atoms with Crippen LogP contribution in [-0.2, 0) is 11.3 Å². The van der Waals surface area contributed by atoms with Crippen LogP contribution in [0.3, 0.4) is 0 Å². The second-order valence-electron chi connectivity index (χ2n) is 8.37. The zero-order valence-corrected chi connectivity index (χ0v) is 20.6. The molecule has 0 spiro atoms. The molecule has 0 bridgehead atoms. The SMILES string of the molecule is CCCCn1c(=NC(=O)c2ccc([N+](=O)[O-])cc2)c(C(=O)OCC)cc2c(=O)n3cccc(C)c3nc21. The van der Waals surface area contributed by atoms with E-state index in [4.69, 9.17) is 9.72 Å². The van der Waals surface area contributed by atoms with E-state index in [0.29, 0.717) is 18.6 Å². The number of benzene rings is 1. The molecule has 0 radical (unpaired) electrons. The number of aryl methyl sites for hydroxylation is 2. The summed E-state index contributed by atoms with van der Waals surface area (Å²) in [6.07, 6.45) is 3.06. The largest absolute Gasteiger partial charge is 0.462 e. The maximum atomic E-state index is 13.4. The Hall–Kier alpha value is -4.67. The lowest BCUT2D eigenvalue weighted by molar-refractivity contribution is -0.384. The van der Waals surface area contributed by atoms with E-state index in [2.05, 4.69) is 4.99 Å². The minimum absolute atomic E-state index is 0.00702. The van der Waals surface area contributed by atoms with Crippen molar-refractivity contribution in [3.8, 4) is 0 Å². The van der Waals surface area contributed by atoms with Crippen LogP contribution >= 0.6 is 0 Å². The van der Waals surface area contributed by atoms with Crippen molar-refractivity contribution in [1.82, 2.24) is 14.0 Å². The first-order valence-corrected chi connectivity index (χ1v) is 11.8. The molecule has 0 saturated carbocycles. The van der Waals surface area contributed by atoms with Gasteiger partial charge in [-0.25, -0.2) is 9.78 Å². The van der Waals surface area contributed by atoms with E-state index in [0.717, 1.165) is 12.0 Å². The smallest absolute Gasteiger partial charge is 0.341 e. The number of esters is 1. The third-order valence-electron chi connectivity index (χ3n) is 5.87. The third kappa shape index (κ3) is 4.88. The number of pyridine rings is 2. The lowest BCUT2D eigenvalue weighted by Crippen LogP contribution is -2.33. The summed E-state index contributed by atoms with van der Waals surface area (Å²) in [6.45, 7) is 5.88. The Morgan fingerprint density at radius 3 is 2.51 bits per heavy atom. The summed E-state index contributed by atoms with van der Waals surface area (Å²) in [7, 11) is 0. The van der Waals surface area contributed by atoms with Crippen LogP contribution in [0.2, 0.25) is 0 Å². The number of fused-ring (bicyclic) bond motifs is 2. The molecule has 4 aromatic rings. The van der Waals surface area contributed by atoms with Crippen molar-refractivity contribution in [3.05, 3.63) is 91.3 Å². The molecule has 11 nitrogen and oxygen atoms in total. The maximum absolute atomic E-state index is 13.4. The number of nitro benzene ring substituents is 1. The van der Waals surface area contributed by atoms with Crippen LogP contribution in [-0.4, -0.2) is 37.4 Å². The zero-order chi connectivity index (χ0) is 26.7. The van der Waals surface area contributed by atoms with Gasteiger partial charge in [0, 0.05) is 30.4 Å². The molecule has 0 aliphatic heterocycles. The summed E-state index contributed by atoms with van der Waals surface area (Å²) in [5.74, 6) is -1.45. The van der Waals surface area contributed by atoms with Crippen LogP contribution in [0.5, 0.6) is 0 Å². The van der Waals surface area contributed by atoms with E-state index in [1.54, 1.807) is 23.8 Å². The number of nitro groups is 1. The number of unbranched alkanes of at least 4 members (excludes halogenated alkanes) is 1. The van der Waals surface area contributed by atoms with Gasteiger partial charge in [0.2, 0.25) is 0 Å². The molecule has 0 N–H and O–H groups in total. The second-order valence-corrected chi connectivity index (χ2v) is 8.37. The van der Waals surface area contributed by atoms with Gasteiger partial charge in [0.15, 0.2) is 5.49 Å². The molecular weight excluding hydrogens is 478 g/mol. The molecule has 37 heavy (non-hydrogen) atoms. The lowest BCUT2D eigenvalue weighted by atomic mass is 10.1. The first kappa shape index (κ1) is 25.4. The predicted molar refractivity (Wildman–Crippen MR) is 136 cm³/mol. The highest BCUT2D eigenvalue weighted by atomic mass is 16.6. The van der Waals surface area contributed by atoms with Crippen LogP contribution in [0, 0.1) is 17.0 Å². The predicted octanol–water partition coefficient (Wildman–Crippen LogP) is 3.58. The monoisotopic (exact) mass is 503 g/mol. The summed E-state index contributed by atoms with van der Waals surface area (Å²) in [4.78, 5) is 59.0. The van der Waals surface area contributed by atoms with Crippen LogP contribution in [0.1, 0.15) is 53.0 Å². The number of carbonyl (C=O) groups is 2. The van der Waals surface area contributed by atoms with Gasteiger partial charge in [0.1, 0.15) is 16.9 Å². The molecular formula is C26H25N5O6. The Bertz CT molecular complexity index is 1670. The Labute approximate surface area is 210 Å². The number of nitrogens with zero attached hydrogens (tertiary/aromatic N) is 5. The zero-order valence-electron chi connectivity index (χ0n) is 20.6. The fourth-order valence-electron chi connectivity index (χ4n) is 3.98. The van der Waals surface area contributed by atoms with Crippen molar-refractivity contribution in [2.45, 2.75) is 40.2 Å². The average Bonchev–Trinajstić information content (AvgIpc) is 2.88. The molecule has 1 aromatic carbocycles. The third-order valence-corrected chi connectivity index (χ3v) is 5.87. The summed E-state index contributed by atoms with van der Waals surface area (Å²) < 4.78 is 8.24. The Morgan fingerprint density at radius 1 is 1.14 bits per heavy atom. The topological polar surface area (TPSA) is 138 Å². The summed E-state index contributed by atoms with van der Waals surface area (Å²) in [5, 5.41) is 11.2. The van der Waals surface area contributed by atoms with Crippen LogP contribution in [0.25, 0.3) is 16.7 Å². The maximum Gasteiger partial charge on any atom is 0.341 e. The molecule has 0 unspecified atom stereocenters. The highest BCUT2D eigenvalue weighted by Crippen LogP contribution is 2.16. The molecule has 0 saturated heterocycles. The molecule has 0 fully saturated rings. The molecule has 0 atom stereocenters. The number of hydrogen-bond acceptors (Lipinski definition) is 7. The van der Waals surface area contributed by atoms with Gasteiger partial charge in [-0.3, -0.25) is 24.1 Å². The van der Waals surface area contributed by atoms with E-state index in [-0.39, 0.29) is 45.5 Å². The van der Waals surface area contributed by atoms with Crippen LogP contribution < -0.4 is 11.0 Å². The number of ether oxygens (including phenoxy) is 1.